The fourth-order valence-electron chi connectivity index (χ4n) is 3.62. The highest BCUT2D eigenvalue weighted by atomic mass is 19.1. The zero-order chi connectivity index (χ0) is 13.2. The predicted molar refractivity (Wildman–Crippen MR) is 74.6 cm³/mol. The maximum absolute atomic E-state index is 12.9. The molecule has 1 spiro atoms. The van der Waals surface area contributed by atoms with Gasteiger partial charge >= 0.3 is 0 Å². The fraction of sp³-hybridized carbons (Fsp3) is 1.00. The maximum Gasteiger partial charge on any atom is 0.102 e. The van der Waals surface area contributed by atoms with Crippen LogP contribution in [0.5, 0.6) is 0 Å². The standard InChI is InChI=1S/C15H29FN2/c1-14(2,3)13-11-18(10-9-16)15(12-17-13)7-5-4-6-8-15/h13,17H,4-12H2,1-3H3. The van der Waals surface area contributed by atoms with E-state index in [-0.39, 0.29) is 17.6 Å². The van der Waals surface area contributed by atoms with Gasteiger partial charge in [-0.3, -0.25) is 4.90 Å². The van der Waals surface area contributed by atoms with Crippen LogP contribution in [0.3, 0.4) is 0 Å². The number of hydrogen-bond donors (Lipinski definition) is 1. The van der Waals surface area contributed by atoms with Gasteiger partial charge in [0, 0.05) is 31.2 Å². The molecule has 2 rings (SSSR count). The Balaban J connectivity index is 2.09. The van der Waals surface area contributed by atoms with Gasteiger partial charge in [-0.15, -0.1) is 0 Å². The number of alkyl halides is 1. The van der Waals surface area contributed by atoms with E-state index in [1.807, 2.05) is 0 Å². The van der Waals surface area contributed by atoms with Gasteiger partial charge in [-0.25, -0.2) is 4.39 Å². The highest BCUT2D eigenvalue weighted by Gasteiger charge is 2.44. The maximum atomic E-state index is 12.9. The summed E-state index contributed by atoms with van der Waals surface area (Å²) in [6, 6.07) is 0.483. The average Bonchev–Trinajstić information content (AvgIpc) is 2.32. The number of piperazine rings is 1. The van der Waals surface area contributed by atoms with Crippen molar-refractivity contribution >= 4 is 0 Å². The summed E-state index contributed by atoms with van der Waals surface area (Å²) in [5, 5.41) is 3.74. The van der Waals surface area contributed by atoms with Gasteiger partial charge in [0.05, 0.1) is 0 Å². The van der Waals surface area contributed by atoms with E-state index in [4.69, 9.17) is 0 Å². The largest absolute Gasteiger partial charge is 0.310 e. The highest BCUT2D eigenvalue weighted by Crippen LogP contribution is 2.37. The van der Waals surface area contributed by atoms with Gasteiger partial charge in [0.2, 0.25) is 0 Å². The Kier molecular flexibility index (Phi) is 4.32. The Hall–Kier alpha value is -0.150. The molecule has 1 heterocycles. The lowest BCUT2D eigenvalue weighted by Crippen LogP contribution is -2.67. The molecule has 0 aromatic carbocycles. The summed E-state index contributed by atoms with van der Waals surface area (Å²) in [5.41, 5.74) is 0.511. The first-order valence-corrected chi connectivity index (χ1v) is 7.52. The van der Waals surface area contributed by atoms with Crippen molar-refractivity contribution in [1.82, 2.24) is 10.2 Å². The quantitative estimate of drug-likeness (QED) is 0.817. The molecule has 0 bridgehead atoms. The predicted octanol–water partition coefficient (Wildman–Crippen LogP) is 2.98. The molecule has 2 fully saturated rings. The second kappa shape index (κ2) is 5.46. The van der Waals surface area contributed by atoms with Crippen molar-refractivity contribution in [3.05, 3.63) is 0 Å². The van der Waals surface area contributed by atoms with E-state index < -0.39 is 0 Å². The Bertz CT molecular complexity index is 266. The minimum Gasteiger partial charge on any atom is -0.310 e. The van der Waals surface area contributed by atoms with Crippen LogP contribution in [0.15, 0.2) is 0 Å². The van der Waals surface area contributed by atoms with Crippen LogP contribution < -0.4 is 5.32 Å². The molecule has 1 saturated carbocycles. The Morgan fingerprint density at radius 3 is 2.44 bits per heavy atom. The van der Waals surface area contributed by atoms with E-state index in [0.717, 1.165) is 13.1 Å². The number of halogens is 1. The first kappa shape index (κ1) is 14.3. The molecule has 0 amide bonds. The molecule has 0 aromatic rings. The topological polar surface area (TPSA) is 15.3 Å². The van der Waals surface area contributed by atoms with Crippen molar-refractivity contribution < 1.29 is 4.39 Å². The van der Waals surface area contributed by atoms with Crippen LogP contribution in [0.25, 0.3) is 0 Å². The molecule has 1 unspecified atom stereocenters. The van der Waals surface area contributed by atoms with E-state index in [2.05, 4.69) is 31.0 Å². The number of rotatable bonds is 2. The smallest absolute Gasteiger partial charge is 0.102 e. The molecule has 0 aromatic heterocycles. The highest BCUT2D eigenvalue weighted by molar-refractivity contribution is 5.02. The minimum absolute atomic E-state index is 0.210. The first-order chi connectivity index (χ1) is 8.48. The molecule has 106 valence electrons. The molecule has 3 heteroatoms. The van der Waals surface area contributed by atoms with Crippen molar-refractivity contribution in [2.75, 3.05) is 26.3 Å². The van der Waals surface area contributed by atoms with Crippen molar-refractivity contribution in [2.24, 2.45) is 5.41 Å². The molecule has 1 saturated heterocycles. The number of nitrogens with zero attached hydrogens (tertiary/aromatic N) is 1. The number of nitrogens with one attached hydrogen (secondary N) is 1. The van der Waals surface area contributed by atoms with Crippen molar-refractivity contribution in [3.63, 3.8) is 0 Å². The molecule has 1 aliphatic heterocycles. The van der Waals surface area contributed by atoms with Crippen LogP contribution in [0, 0.1) is 5.41 Å². The van der Waals surface area contributed by atoms with E-state index in [9.17, 15) is 4.39 Å². The summed E-state index contributed by atoms with van der Waals surface area (Å²) in [6.45, 7) is 9.29. The van der Waals surface area contributed by atoms with E-state index in [1.165, 1.54) is 32.1 Å². The lowest BCUT2D eigenvalue weighted by Gasteiger charge is -2.54. The summed E-state index contributed by atoms with van der Waals surface area (Å²) >= 11 is 0. The van der Waals surface area contributed by atoms with E-state index in [1.54, 1.807) is 0 Å². The van der Waals surface area contributed by atoms with Gasteiger partial charge in [-0.2, -0.15) is 0 Å². The molecular weight excluding hydrogens is 227 g/mol. The Labute approximate surface area is 111 Å². The van der Waals surface area contributed by atoms with Gasteiger partial charge < -0.3 is 5.32 Å². The SMILES string of the molecule is CC(C)(C)C1CN(CCF)C2(CCCCC2)CN1. The summed E-state index contributed by atoms with van der Waals surface area (Å²) < 4.78 is 12.9. The van der Waals surface area contributed by atoms with Crippen molar-refractivity contribution in [1.29, 1.82) is 0 Å². The molecular formula is C15H29FN2. The third kappa shape index (κ3) is 2.88. The Morgan fingerprint density at radius 1 is 1.22 bits per heavy atom. The number of hydrogen-bond acceptors (Lipinski definition) is 2. The van der Waals surface area contributed by atoms with E-state index >= 15 is 0 Å². The zero-order valence-corrected chi connectivity index (χ0v) is 12.3. The van der Waals surface area contributed by atoms with Crippen LogP contribution in [0.1, 0.15) is 52.9 Å². The van der Waals surface area contributed by atoms with Gasteiger partial charge in [0.1, 0.15) is 6.67 Å². The first-order valence-electron chi connectivity index (χ1n) is 7.52. The normalized spacial score (nSPS) is 29.7. The summed E-state index contributed by atoms with van der Waals surface area (Å²) in [4.78, 5) is 2.46. The fourth-order valence-corrected chi connectivity index (χ4v) is 3.62. The molecule has 0 radical (unpaired) electrons. The summed E-state index contributed by atoms with van der Waals surface area (Å²) in [5.74, 6) is 0. The second-order valence-electron chi connectivity index (χ2n) is 7.22. The van der Waals surface area contributed by atoms with Crippen LogP contribution in [0.4, 0.5) is 4.39 Å². The minimum atomic E-state index is -0.210. The van der Waals surface area contributed by atoms with Crippen molar-refractivity contribution in [2.45, 2.75) is 64.5 Å². The van der Waals surface area contributed by atoms with Gasteiger partial charge in [-0.1, -0.05) is 40.0 Å². The lowest BCUT2D eigenvalue weighted by molar-refractivity contribution is -0.0131. The molecule has 1 N–H and O–H groups in total. The third-order valence-electron chi connectivity index (χ3n) is 4.94. The Morgan fingerprint density at radius 2 is 1.89 bits per heavy atom. The lowest BCUT2D eigenvalue weighted by atomic mass is 9.75. The van der Waals surface area contributed by atoms with Crippen molar-refractivity contribution in [3.8, 4) is 0 Å². The molecule has 2 aliphatic rings. The summed E-state index contributed by atoms with van der Waals surface area (Å²) in [6.07, 6.45) is 6.47. The zero-order valence-electron chi connectivity index (χ0n) is 12.3. The van der Waals surface area contributed by atoms with Gasteiger partial charge in [0.25, 0.3) is 0 Å². The van der Waals surface area contributed by atoms with Crippen LogP contribution in [0.2, 0.25) is 0 Å². The van der Waals surface area contributed by atoms with Crippen LogP contribution in [-0.4, -0.2) is 42.8 Å². The van der Waals surface area contributed by atoms with Gasteiger partial charge in [-0.05, 0) is 18.3 Å². The third-order valence-corrected chi connectivity index (χ3v) is 4.94. The van der Waals surface area contributed by atoms with E-state index in [0.29, 0.717) is 12.6 Å². The van der Waals surface area contributed by atoms with Crippen LogP contribution >= 0.6 is 0 Å². The average molecular weight is 256 g/mol. The molecule has 2 nitrogen and oxygen atoms in total. The summed E-state index contributed by atoms with van der Waals surface area (Å²) in [7, 11) is 0. The second-order valence-corrected chi connectivity index (χ2v) is 7.22. The van der Waals surface area contributed by atoms with Gasteiger partial charge in [0.15, 0.2) is 0 Å². The van der Waals surface area contributed by atoms with Crippen LogP contribution in [-0.2, 0) is 0 Å². The molecule has 18 heavy (non-hydrogen) atoms. The molecule has 1 aliphatic carbocycles. The molecule has 1 atom stereocenters. The monoisotopic (exact) mass is 256 g/mol.